The van der Waals surface area contributed by atoms with E-state index in [1.54, 1.807) is 6.20 Å². The third kappa shape index (κ3) is 3.83. The molecular formula is C21H21N5O2. The van der Waals surface area contributed by atoms with Gasteiger partial charge in [-0.1, -0.05) is 30.3 Å². The van der Waals surface area contributed by atoms with Crippen LogP contribution in [0.15, 0.2) is 42.6 Å². The lowest BCUT2D eigenvalue weighted by Crippen LogP contribution is -2.11. The SMILES string of the molecule is CC(=O)Cc1cnc(-c2ccccc2)nc1Nc1cc(C2CC2)n(C(C)=O)n1. The molecule has 0 aliphatic heterocycles. The second kappa shape index (κ2) is 7.34. The third-order valence-corrected chi connectivity index (χ3v) is 4.61. The Kier molecular flexibility index (Phi) is 4.73. The number of nitrogens with zero attached hydrogens (tertiary/aromatic N) is 4. The molecule has 1 N–H and O–H groups in total. The van der Waals surface area contributed by atoms with Crippen molar-refractivity contribution in [3.8, 4) is 11.4 Å². The lowest BCUT2D eigenvalue weighted by atomic mass is 10.1. The molecule has 0 saturated heterocycles. The maximum absolute atomic E-state index is 11.9. The number of carbonyl (C=O) groups excluding carboxylic acids is 2. The van der Waals surface area contributed by atoms with Crippen molar-refractivity contribution in [3.05, 3.63) is 53.9 Å². The smallest absolute Gasteiger partial charge is 0.244 e. The number of anilines is 2. The Balaban J connectivity index is 1.71. The van der Waals surface area contributed by atoms with E-state index >= 15 is 0 Å². The van der Waals surface area contributed by atoms with Crippen LogP contribution in [0.1, 0.15) is 48.7 Å². The minimum atomic E-state index is -0.119. The Morgan fingerprint density at radius 2 is 1.93 bits per heavy atom. The first kappa shape index (κ1) is 18.0. The molecule has 28 heavy (non-hydrogen) atoms. The molecule has 1 saturated carbocycles. The first-order valence-electron chi connectivity index (χ1n) is 9.30. The van der Waals surface area contributed by atoms with Gasteiger partial charge in [0.15, 0.2) is 11.6 Å². The second-order valence-electron chi connectivity index (χ2n) is 7.10. The van der Waals surface area contributed by atoms with Gasteiger partial charge in [-0.05, 0) is 19.8 Å². The minimum Gasteiger partial charge on any atom is -0.323 e. The Hall–Kier alpha value is -3.35. The highest BCUT2D eigenvalue weighted by atomic mass is 16.2. The predicted octanol–water partition coefficient (Wildman–Crippen LogP) is 3.75. The second-order valence-corrected chi connectivity index (χ2v) is 7.10. The molecule has 3 aromatic rings. The van der Waals surface area contributed by atoms with Crippen molar-refractivity contribution >= 4 is 23.3 Å². The van der Waals surface area contributed by atoms with Crippen LogP contribution in [0.4, 0.5) is 11.6 Å². The Morgan fingerprint density at radius 3 is 2.57 bits per heavy atom. The van der Waals surface area contributed by atoms with Crippen molar-refractivity contribution < 1.29 is 9.59 Å². The molecule has 0 unspecified atom stereocenters. The van der Waals surface area contributed by atoms with Crippen molar-refractivity contribution in [1.82, 2.24) is 19.7 Å². The van der Waals surface area contributed by atoms with E-state index in [4.69, 9.17) is 0 Å². The number of nitrogens with one attached hydrogen (secondary N) is 1. The quantitative estimate of drug-likeness (QED) is 0.706. The molecule has 1 aliphatic rings. The molecule has 0 spiro atoms. The summed E-state index contributed by atoms with van der Waals surface area (Å²) in [6.07, 6.45) is 4.03. The van der Waals surface area contributed by atoms with Crippen molar-refractivity contribution in [2.45, 2.75) is 39.0 Å². The summed E-state index contributed by atoms with van der Waals surface area (Å²) in [4.78, 5) is 32.6. The molecule has 142 valence electrons. The number of hydrogen-bond donors (Lipinski definition) is 1. The normalized spacial score (nSPS) is 13.4. The van der Waals surface area contributed by atoms with Gasteiger partial charge < -0.3 is 5.32 Å². The predicted molar refractivity (Wildman–Crippen MR) is 106 cm³/mol. The number of carbonyl (C=O) groups is 2. The molecule has 0 radical (unpaired) electrons. The van der Waals surface area contributed by atoms with Crippen LogP contribution in [0, 0.1) is 0 Å². The monoisotopic (exact) mass is 375 g/mol. The van der Waals surface area contributed by atoms with Crippen LogP contribution in [0.2, 0.25) is 0 Å². The average Bonchev–Trinajstić information content (AvgIpc) is 3.43. The van der Waals surface area contributed by atoms with E-state index in [2.05, 4.69) is 20.4 Å². The molecule has 0 atom stereocenters. The highest BCUT2D eigenvalue weighted by Gasteiger charge is 2.29. The Bertz CT molecular complexity index is 1040. The van der Waals surface area contributed by atoms with Gasteiger partial charge >= 0.3 is 0 Å². The zero-order valence-corrected chi connectivity index (χ0v) is 15.8. The van der Waals surface area contributed by atoms with Gasteiger partial charge in [0.05, 0.1) is 5.69 Å². The summed E-state index contributed by atoms with van der Waals surface area (Å²) in [5, 5.41) is 7.60. The standard InChI is InChI=1S/C21H21N5O2/c1-13(27)10-17-12-22-20(16-6-4-3-5-7-16)24-21(17)23-19-11-18(15-8-9-15)26(25-19)14(2)28/h3-7,11-12,15H,8-10H2,1-2H3,(H,22,23,24,25). The van der Waals surface area contributed by atoms with Gasteiger partial charge in [0.2, 0.25) is 5.91 Å². The molecule has 2 heterocycles. The van der Waals surface area contributed by atoms with Gasteiger partial charge in [0.1, 0.15) is 11.6 Å². The maximum atomic E-state index is 11.9. The molecule has 1 aromatic carbocycles. The van der Waals surface area contributed by atoms with Gasteiger partial charge in [-0.15, -0.1) is 5.10 Å². The Morgan fingerprint density at radius 1 is 1.18 bits per heavy atom. The molecule has 7 nitrogen and oxygen atoms in total. The molecule has 4 rings (SSSR count). The molecule has 1 fully saturated rings. The van der Waals surface area contributed by atoms with Gasteiger partial charge in [-0.2, -0.15) is 0 Å². The van der Waals surface area contributed by atoms with E-state index in [-0.39, 0.29) is 18.1 Å². The molecule has 0 amide bonds. The van der Waals surface area contributed by atoms with Crippen LogP contribution < -0.4 is 5.32 Å². The zero-order valence-electron chi connectivity index (χ0n) is 15.8. The summed E-state index contributed by atoms with van der Waals surface area (Å²) in [5.74, 6) is 1.91. The number of rotatable bonds is 6. The first-order chi connectivity index (χ1) is 13.5. The number of hydrogen-bond acceptors (Lipinski definition) is 6. The van der Waals surface area contributed by atoms with Crippen LogP contribution in [0.25, 0.3) is 11.4 Å². The summed E-state index contributed by atoms with van der Waals surface area (Å²) in [6.45, 7) is 3.03. The van der Waals surface area contributed by atoms with E-state index in [0.29, 0.717) is 28.9 Å². The highest BCUT2D eigenvalue weighted by molar-refractivity contribution is 5.80. The summed E-state index contributed by atoms with van der Waals surface area (Å²) >= 11 is 0. The molecular weight excluding hydrogens is 354 g/mol. The number of ketones is 1. The van der Waals surface area contributed by atoms with Crippen molar-refractivity contribution in [2.75, 3.05) is 5.32 Å². The molecule has 7 heteroatoms. The fourth-order valence-corrected chi connectivity index (χ4v) is 3.14. The van der Waals surface area contributed by atoms with Gasteiger partial charge in [-0.3, -0.25) is 9.59 Å². The fraction of sp³-hybridized carbons (Fsp3) is 0.286. The molecule has 2 aromatic heterocycles. The summed E-state index contributed by atoms with van der Waals surface area (Å²) in [6, 6.07) is 11.5. The summed E-state index contributed by atoms with van der Waals surface area (Å²) < 4.78 is 1.45. The van der Waals surface area contributed by atoms with E-state index in [1.807, 2.05) is 36.4 Å². The lowest BCUT2D eigenvalue weighted by molar-refractivity contribution is -0.116. The summed E-state index contributed by atoms with van der Waals surface area (Å²) in [5.41, 5.74) is 2.49. The van der Waals surface area contributed by atoms with Crippen molar-refractivity contribution in [3.63, 3.8) is 0 Å². The van der Waals surface area contributed by atoms with E-state index in [0.717, 1.165) is 24.1 Å². The average molecular weight is 375 g/mol. The highest BCUT2D eigenvalue weighted by Crippen LogP contribution is 2.41. The molecule has 1 aliphatic carbocycles. The largest absolute Gasteiger partial charge is 0.323 e. The van der Waals surface area contributed by atoms with Crippen LogP contribution in [0.5, 0.6) is 0 Å². The van der Waals surface area contributed by atoms with Crippen LogP contribution in [-0.4, -0.2) is 31.4 Å². The topological polar surface area (TPSA) is 89.8 Å². The zero-order chi connectivity index (χ0) is 19.7. The van der Waals surface area contributed by atoms with E-state index in [9.17, 15) is 9.59 Å². The maximum Gasteiger partial charge on any atom is 0.244 e. The minimum absolute atomic E-state index is 0.0204. The van der Waals surface area contributed by atoms with Crippen LogP contribution in [-0.2, 0) is 11.2 Å². The van der Waals surface area contributed by atoms with Crippen molar-refractivity contribution in [1.29, 1.82) is 0 Å². The lowest BCUT2D eigenvalue weighted by Gasteiger charge is -2.10. The fourth-order valence-electron chi connectivity index (χ4n) is 3.14. The summed E-state index contributed by atoms with van der Waals surface area (Å²) in [7, 11) is 0. The van der Waals surface area contributed by atoms with Gasteiger partial charge in [-0.25, -0.2) is 14.6 Å². The number of benzene rings is 1. The number of aromatic nitrogens is 4. The first-order valence-corrected chi connectivity index (χ1v) is 9.30. The van der Waals surface area contributed by atoms with Crippen molar-refractivity contribution in [2.24, 2.45) is 0 Å². The van der Waals surface area contributed by atoms with E-state index < -0.39 is 0 Å². The van der Waals surface area contributed by atoms with Gasteiger partial charge in [0, 0.05) is 42.7 Å². The van der Waals surface area contributed by atoms with Crippen LogP contribution in [0.3, 0.4) is 0 Å². The van der Waals surface area contributed by atoms with E-state index in [1.165, 1.54) is 18.5 Å². The number of Topliss-reactive ketones (excluding diaryl/α,β-unsaturated/α-hetero) is 1. The van der Waals surface area contributed by atoms with Crippen LogP contribution >= 0.6 is 0 Å². The molecule has 0 bridgehead atoms. The van der Waals surface area contributed by atoms with Gasteiger partial charge in [0.25, 0.3) is 0 Å². The Labute approximate surface area is 162 Å². The third-order valence-electron chi connectivity index (χ3n) is 4.61.